The number of hydrogen-bond acceptors (Lipinski definition) is 6. The minimum Gasteiger partial charge on any atom is -0.324 e. The highest BCUT2D eigenvalue weighted by molar-refractivity contribution is 7.98. The van der Waals surface area contributed by atoms with Crippen LogP contribution in [0.5, 0.6) is 0 Å². The number of anilines is 1. The number of amides is 1. The zero-order valence-corrected chi connectivity index (χ0v) is 8.76. The molecule has 1 aromatic rings. The van der Waals surface area contributed by atoms with E-state index in [0.717, 1.165) is 0 Å². The first kappa shape index (κ1) is 10.9. The fourth-order valence-electron chi connectivity index (χ4n) is 0.794. The normalized spacial score (nSPS) is 9.93. The van der Waals surface area contributed by atoms with Crippen LogP contribution in [0.1, 0.15) is 12.7 Å². The Balaban J connectivity index is 2.98. The van der Waals surface area contributed by atoms with Crippen molar-refractivity contribution in [1.29, 1.82) is 0 Å². The van der Waals surface area contributed by atoms with Crippen molar-refractivity contribution in [3.63, 3.8) is 0 Å². The molecule has 1 rings (SSSR count). The van der Waals surface area contributed by atoms with Crippen molar-refractivity contribution >= 4 is 23.6 Å². The average Bonchev–Trinajstić information content (AvgIpc) is 2.16. The number of nitrogens with zero attached hydrogens (tertiary/aromatic N) is 3. The van der Waals surface area contributed by atoms with Crippen LogP contribution in [0.4, 0.5) is 5.95 Å². The molecule has 0 saturated carbocycles. The van der Waals surface area contributed by atoms with Gasteiger partial charge < -0.3 is 5.73 Å². The number of carbonyl (C=O) groups is 1. The lowest BCUT2D eigenvalue weighted by molar-refractivity contribution is -0.114. The highest BCUT2D eigenvalue weighted by Gasteiger charge is 2.05. The summed E-state index contributed by atoms with van der Waals surface area (Å²) in [4.78, 5) is 22.7. The number of rotatable bonds is 3. The first-order chi connectivity index (χ1) is 6.65. The van der Waals surface area contributed by atoms with Crippen LogP contribution in [0.3, 0.4) is 0 Å². The SMILES string of the molecule is CSc1nc(CN)nc(NC(C)=O)n1. The summed E-state index contributed by atoms with van der Waals surface area (Å²) < 4.78 is 0. The Morgan fingerprint density at radius 1 is 1.50 bits per heavy atom. The Morgan fingerprint density at radius 2 is 2.21 bits per heavy atom. The van der Waals surface area contributed by atoms with E-state index in [0.29, 0.717) is 11.0 Å². The zero-order valence-electron chi connectivity index (χ0n) is 7.94. The van der Waals surface area contributed by atoms with Gasteiger partial charge in [-0.1, -0.05) is 11.8 Å². The number of hydrogen-bond donors (Lipinski definition) is 2. The van der Waals surface area contributed by atoms with Gasteiger partial charge in [0.15, 0.2) is 5.16 Å². The van der Waals surface area contributed by atoms with Crippen LogP contribution in [0, 0.1) is 0 Å². The Bertz CT molecular complexity index is 321. The van der Waals surface area contributed by atoms with E-state index in [-0.39, 0.29) is 18.4 Å². The smallest absolute Gasteiger partial charge is 0.233 e. The van der Waals surface area contributed by atoms with Gasteiger partial charge in [0.25, 0.3) is 0 Å². The van der Waals surface area contributed by atoms with Crippen molar-refractivity contribution in [3.05, 3.63) is 5.82 Å². The van der Waals surface area contributed by atoms with Gasteiger partial charge >= 0.3 is 0 Å². The summed E-state index contributed by atoms with van der Waals surface area (Å²) in [6.07, 6.45) is 1.84. The van der Waals surface area contributed by atoms with E-state index in [1.54, 1.807) is 0 Å². The molecule has 0 unspecified atom stereocenters. The van der Waals surface area contributed by atoms with E-state index in [4.69, 9.17) is 5.73 Å². The maximum Gasteiger partial charge on any atom is 0.233 e. The molecule has 14 heavy (non-hydrogen) atoms. The lowest BCUT2D eigenvalue weighted by atomic mass is 10.6. The summed E-state index contributed by atoms with van der Waals surface area (Å²) in [5, 5.41) is 3.03. The third-order valence-electron chi connectivity index (χ3n) is 1.31. The highest BCUT2D eigenvalue weighted by atomic mass is 32.2. The topological polar surface area (TPSA) is 93.8 Å². The van der Waals surface area contributed by atoms with Crippen molar-refractivity contribution in [2.75, 3.05) is 11.6 Å². The van der Waals surface area contributed by atoms with Crippen LogP contribution >= 0.6 is 11.8 Å². The quantitative estimate of drug-likeness (QED) is 0.687. The molecule has 0 bridgehead atoms. The first-order valence-corrected chi connectivity index (χ1v) is 5.14. The second kappa shape index (κ2) is 4.87. The van der Waals surface area contributed by atoms with E-state index in [1.807, 2.05) is 6.26 Å². The van der Waals surface area contributed by atoms with Gasteiger partial charge in [0.1, 0.15) is 5.82 Å². The Morgan fingerprint density at radius 3 is 2.71 bits per heavy atom. The Hall–Kier alpha value is -1.21. The van der Waals surface area contributed by atoms with Gasteiger partial charge in [-0.25, -0.2) is 4.98 Å². The van der Waals surface area contributed by atoms with Gasteiger partial charge in [-0.3, -0.25) is 10.1 Å². The zero-order chi connectivity index (χ0) is 10.6. The molecule has 0 saturated heterocycles. The second-order valence-electron chi connectivity index (χ2n) is 2.45. The lowest BCUT2D eigenvalue weighted by Crippen LogP contribution is -2.13. The fraction of sp³-hybridized carbons (Fsp3) is 0.429. The van der Waals surface area contributed by atoms with Crippen molar-refractivity contribution in [2.24, 2.45) is 5.73 Å². The molecule has 1 aromatic heterocycles. The molecule has 0 radical (unpaired) electrons. The van der Waals surface area contributed by atoms with Crippen molar-refractivity contribution in [2.45, 2.75) is 18.6 Å². The van der Waals surface area contributed by atoms with E-state index in [9.17, 15) is 4.79 Å². The highest BCUT2D eigenvalue weighted by Crippen LogP contribution is 2.10. The average molecular weight is 213 g/mol. The molecule has 3 N–H and O–H groups in total. The molecule has 0 spiro atoms. The molecule has 0 aromatic carbocycles. The van der Waals surface area contributed by atoms with E-state index in [1.165, 1.54) is 18.7 Å². The Kier molecular flexibility index (Phi) is 3.78. The molecule has 0 aliphatic rings. The van der Waals surface area contributed by atoms with E-state index >= 15 is 0 Å². The molecule has 1 heterocycles. The van der Waals surface area contributed by atoms with Crippen molar-refractivity contribution in [1.82, 2.24) is 15.0 Å². The second-order valence-corrected chi connectivity index (χ2v) is 3.22. The molecule has 7 heteroatoms. The number of nitrogens with two attached hydrogens (primary N) is 1. The molecular weight excluding hydrogens is 202 g/mol. The third-order valence-corrected chi connectivity index (χ3v) is 1.86. The van der Waals surface area contributed by atoms with Crippen LogP contribution in [0.2, 0.25) is 0 Å². The minimum absolute atomic E-state index is 0.216. The maximum absolute atomic E-state index is 10.8. The van der Waals surface area contributed by atoms with Crippen LogP contribution in [0.25, 0.3) is 0 Å². The third kappa shape index (κ3) is 2.93. The number of carbonyl (C=O) groups excluding carboxylic acids is 1. The summed E-state index contributed by atoms with van der Waals surface area (Å²) in [7, 11) is 0. The molecule has 1 amide bonds. The molecule has 76 valence electrons. The summed E-state index contributed by atoms with van der Waals surface area (Å²) in [6.45, 7) is 1.62. The van der Waals surface area contributed by atoms with Gasteiger partial charge in [-0.15, -0.1) is 0 Å². The van der Waals surface area contributed by atoms with Gasteiger partial charge in [-0.2, -0.15) is 9.97 Å². The van der Waals surface area contributed by atoms with Crippen LogP contribution < -0.4 is 11.1 Å². The molecular formula is C7H11N5OS. The molecule has 6 nitrogen and oxygen atoms in total. The first-order valence-electron chi connectivity index (χ1n) is 3.92. The number of aromatic nitrogens is 3. The molecule has 0 atom stereocenters. The Labute approximate surface area is 85.7 Å². The molecule has 0 aliphatic heterocycles. The van der Waals surface area contributed by atoms with Crippen LogP contribution in [-0.4, -0.2) is 27.1 Å². The minimum atomic E-state index is -0.216. The number of nitrogens with one attached hydrogen (secondary N) is 1. The molecule has 0 aliphatic carbocycles. The summed E-state index contributed by atoms with van der Waals surface area (Å²) in [5.74, 6) is 0.497. The van der Waals surface area contributed by atoms with E-state index < -0.39 is 0 Å². The lowest BCUT2D eigenvalue weighted by Gasteiger charge is -2.03. The van der Waals surface area contributed by atoms with Crippen LogP contribution in [-0.2, 0) is 11.3 Å². The van der Waals surface area contributed by atoms with Gasteiger partial charge in [0.2, 0.25) is 11.9 Å². The monoisotopic (exact) mass is 213 g/mol. The summed E-state index contributed by atoms with van der Waals surface area (Å²) in [6, 6.07) is 0. The maximum atomic E-state index is 10.8. The summed E-state index contributed by atoms with van der Waals surface area (Å²) in [5.41, 5.74) is 5.40. The predicted octanol–water partition coefficient (Wildman–Crippen LogP) is 0.0106. The fourth-order valence-corrected chi connectivity index (χ4v) is 1.17. The standard InChI is InChI=1S/C7H11N5OS/c1-4(13)9-6-10-5(3-8)11-7(12-6)14-2/h3,8H2,1-2H3,(H,9,10,11,12,13). The van der Waals surface area contributed by atoms with Gasteiger partial charge in [-0.05, 0) is 6.26 Å². The van der Waals surface area contributed by atoms with Crippen LogP contribution in [0.15, 0.2) is 5.16 Å². The summed E-state index contributed by atoms with van der Waals surface area (Å²) >= 11 is 1.37. The van der Waals surface area contributed by atoms with E-state index in [2.05, 4.69) is 20.3 Å². The number of thioether (sulfide) groups is 1. The van der Waals surface area contributed by atoms with Gasteiger partial charge in [0.05, 0.1) is 6.54 Å². The van der Waals surface area contributed by atoms with Crippen molar-refractivity contribution in [3.8, 4) is 0 Å². The largest absolute Gasteiger partial charge is 0.324 e. The van der Waals surface area contributed by atoms with Crippen molar-refractivity contribution < 1.29 is 4.79 Å². The molecule has 0 fully saturated rings. The van der Waals surface area contributed by atoms with Gasteiger partial charge in [0, 0.05) is 6.92 Å². The predicted molar refractivity (Wildman–Crippen MR) is 53.8 cm³/mol.